The molecule has 0 heterocycles. The Morgan fingerprint density at radius 3 is 0.931 bits per heavy atom. The van der Waals surface area contributed by atoms with Gasteiger partial charge < -0.3 is 0 Å². The Labute approximate surface area is 185 Å². The molecule has 2 aliphatic carbocycles. The summed E-state index contributed by atoms with van der Waals surface area (Å²) in [5.74, 6) is 0. The van der Waals surface area contributed by atoms with Gasteiger partial charge in [0.05, 0.1) is 0 Å². The molecule has 0 spiro atoms. The molecule has 0 nitrogen and oxygen atoms in total. The summed E-state index contributed by atoms with van der Waals surface area (Å²) in [5, 5.41) is 0. The van der Waals surface area contributed by atoms with Crippen LogP contribution < -0.4 is 0 Å². The van der Waals surface area contributed by atoms with E-state index in [1.807, 2.05) is 13.8 Å². The van der Waals surface area contributed by atoms with Crippen molar-refractivity contribution >= 4 is 0 Å². The van der Waals surface area contributed by atoms with Gasteiger partial charge >= 0.3 is 172 Å². The second kappa shape index (κ2) is 7.88. The molecule has 0 N–H and O–H groups in total. The van der Waals surface area contributed by atoms with Crippen molar-refractivity contribution in [2.24, 2.45) is 0 Å². The van der Waals surface area contributed by atoms with E-state index in [1.54, 1.807) is 22.3 Å². The van der Waals surface area contributed by atoms with Crippen LogP contribution in [0, 0.1) is 0 Å². The first-order chi connectivity index (χ1) is 14.4. The van der Waals surface area contributed by atoms with Gasteiger partial charge in [0.1, 0.15) is 0 Å². The van der Waals surface area contributed by atoms with Crippen LogP contribution in [0.2, 0.25) is 0 Å². The number of fused-ring (bicyclic) bond motifs is 6. The predicted molar refractivity (Wildman–Crippen MR) is 119 cm³/mol. The van der Waals surface area contributed by atoms with Crippen LogP contribution in [0.25, 0.3) is 22.3 Å². The van der Waals surface area contributed by atoms with Crippen LogP contribution in [0.5, 0.6) is 0 Å². The number of hydrogen-bond acceptors (Lipinski definition) is 0. The first-order valence-electron chi connectivity index (χ1n) is 10.5. The van der Waals surface area contributed by atoms with E-state index in [0.29, 0.717) is 7.25 Å². The van der Waals surface area contributed by atoms with Gasteiger partial charge in [0.15, 0.2) is 0 Å². The fraction of sp³-hybridized carbons (Fsp3) is 0.143. The molecule has 29 heavy (non-hydrogen) atoms. The average molecular weight is 452 g/mol. The van der Waals surface area contributed by atoms with Gasteiger partial charge in [0.25, 0.3) is 0 Å². The maximum absolute atomic E-state index is 2.37. The van der Waals surface area contributed by atoms with Crippen LogP contribution in [-0.4, -0.2) is 0 Å². The summed E-state index contributed by atoms with van der Waals surface area (Å²) in [6, 6.07) is 36.3. The SMILES string of the molecule is CC.c1ccc2c(c1)-c1ccccc1[CH]2[Zr][CH]1c2ccccc2-c2ccccc21. The Kier molecular flexibility index (Phi) is 5.10. The van der Waals surface area contributed by atoms with Crippen molar-refractivity contribution in [3.63, 3.8) is 0 Å². The Bertz CT molecular complexity index is 990. The molecule has 140 valence electrons. The first-order valence-corrected chi connectivity index (χ1v) is 13.4. The van der Waals surface area contributed by atoms with Crippen molar-refractivity contribution < 1.29 is 23.2 Å². The summed E-state index contributed by atoms with van der Waals surface area (Å²) >= 11 is -0.828. The zero-order valence-corrected chi connectivity index (χ0v) is 19.4. The maximum atomic E-state index is 2.37. The van der Waals surface area contributed by atoms with Crippen molar-refractivity contribution in [3.05, 3.63) is 119 Å². The van der Waals surface area contributed by atoms with Crippen molar-refractivity contribution in [2.75, 3.05) is 0 Å². The fourth-order valence-electron chi connectivity index (χ4n) is 4.84. The van der Waals surface area contributed by atoms with Gasteiger partial charge in [-0.05, 0) is 0 Å². The zero-order valence-electron chi connectivity index (χ0n) is 16.9. The molecule has 0 radical (unpaired) electrons. The molecular weight excluding hydrogens is 428 g/mol. The Hall–Kier alpha value is -2.24. The summed E-state index contributed by atoms with van der Waals surface area (Å²) in [4.78, 5) is 0. The molecule has 0 atom stereocenters. The van der Waals surface area contributed by atoms with E-state index in [0.717, 1.165) is 0 Å². The zero-order chi connectivity index (χ0) is 19.8. The molecule has 4 aromatic carbocycles. The molecule has 0 amide bonds. The Morgan fingerprint density at radius 2 is 0.655 bits per heavy atom. The molecule has 6 rings (SSSR count). The molecule has 1 heteroatoms. The molecule has 0 saturated carbocycles. The topological polar surface area (TPSA) is 0 Å². The van der Waals surface area contributed by atoms with Crippen LogP contribution in [0.15, 0.2) is 97.1 Å². The van der Waals surface area contributed by atoms with Crippen LogP contribution >= 0.6 is 0 Å². The first kappa shape index (κ1) is 18.8. The van der Waals surface area contributed by atoms with Crippen molar-refractivity contribution in [1.82, 2.24) is 0 Å². The average Bonchev–Trinajstić information content (AvgIpc) is 3.30. The van der Waals surface area contributed by atoms with E-state index in [9.17, 15) is 0 Å². The fourth-order valence-corrected chi connectivity index (χ4v) is 9.90. The van der Waals surface area contributed by atoms with Crippen molar-refractivity contribution in [2.45, 2.75) is 21.1 Å². The monoisotopic (exact) mass is 450 g/mol. The number of hydrogen-bond donors (Lipinski definition) is 0. The van der Waals surface area contributed by atoms with E-state index in [-0.39, 0.29) is 0 Å². The van der Waals surface area contributed by atoms with Gasteiger partial charge in [-0.3, -0.25) is 0 Å². The van der Waals surface area contributed by atoms with Crippen molar-refractivity contribution in [1.29, 1.82) is 0 Å². The minimum absolute atomic E-state index is 0.630. The standard InChI is InChI=1S/2C13H9.C2H6.Zr/c2*1-3-7-12-10(5-1)9-11-6-2-4-8-13(11)12;1-2;/h2*1-9H;1-2H3;. The van der Waals surface area contributed by atoms with E-state index >= 15 is 0 Å². The van der Waals surface area contributed by atoms with Crippen LogP contribution in [0.3, 0.4) is 0 Å². The molecule has 0 fully saturated rings. The number of benzene rings is 4. The van der Waals surface area contributed by atoms with E-state index in [1.165, 1.54) is 22.3 Å². The van der Waals surface area contributed by atoms with E-state index in [2.05, 4.69) is 97.1 Å². The summed E-state index contributed by atoms with van der Waals surface area (Å²) in [6.07, 6.45) is 0. The molecule has 0 unspecified atom stereocenters. The van der Waals surface area contributed by atoms with Crippen LogP contribution in [-0.2, 0) is 23.2 Å². The Balaban J connectivity index is 0.000000882. The van der Waals surface area contributed by atoms with Gasteiger partial charge in [0.2, 0.25) is 0 Å². The van der Waals surface area contributed by atoms with Crippen LogP contribution in [0.1, 0.15) is 43.4 Å². The summed E-state index contributed by atoms with van der Waals surface area (Å²) in [5.41, 5.74) is 12.1. The van der Waals surface area contributed by atoms with Crippen molar-refractivity contribution in [3.8, 4) is 22.3 Å². The van der Waals surface area contributed by atoms with Gasteiger partial charge in [-0.1, -0.05) is 13.8 Å². The second-order valence-electron chi connectivity index (χ2n) is 7.38. The molecule has 2 aliphatic rings. The predicted octanol–water partition coefficient (Wildman–Crippen LogP) is 7.64. The summed E-state index contributed by atoms with van der Waals surface area (Å²) in [7, 11) is 0. The third-order valence-corrected chi connectivity index (χ3v) is 10.7. The van der Waals surface area contributed by atoms with Crippen LogP contribution in [0.4, 0.5) is 0 Å². The van der Waals surface area contributed by atoms with Gasteiger partial charge in [-0.15, -0.1) is 0 Å². The second-order valence-corrected chi connectivity index (χ2v) is 11.0. The van der Waals surface area contributed by atoms with Gasteiger partial charge in [0, 0.05) is 0 Å². The van der Waals surface area contributed by atoms with Gasteiger partial charge in [-0.25, -0.2) is 0 Å². The molecule has 0 aliphatic heterocycles. The van der Waals surface area contributed by atoms with Gasteiger partial charge in [-0.2, -0.15) is 0 Å². The molecular formula is C28H24Zr. The molecule has 0 aromatic heterocycles. The number of rotatable bonds is 2. The van der Waals surface area contributed by atoms with E-state index in [4.69, 9.17) is 0 Å². The Morgan fingerprint density at radius 1 is 0.414 bits per heavy atom. The molecule has 0 saturated heterocycles. The summed E-state index contributed by atoms with van der Waals surface area (Å²) < 4.78 is 1.26. The van der Waals surface area contributed by atoms with E-state index < -0.39 is 23.2 Å². The normalized spacial score (nSPS) is 13.6. The third-order valence-electron chi connectivity index (χ3n) is 6.00. The molecule has 4 aromatic rings. The minimum atomic E-state index is -0.828. The molecule has 0 bridgehead atoms. The third kappa shape index (κ3) is 2.99. The quantitative estimate of drug-likeness (QED) is 0.294. The summed E-state index contributed by atoms with van der Waals surface area (Å²) in [6.45, 7) is 4.00.